The Bertz CT molecular complexity index is 132. The number of rotatable bonds is 2. The van der Waals surface area contributed by atoms with Crippen molar-refractivity contribution in [2.75, 3.05) is 13.1 Å². The summed E-state index contributed by atoms with van der Waals surface area (Å²) in [5.74, 6) is 0. The molecule has 0 fully saturated rings. The third kappa shape index (κ3) is 2.03. The highest BCUT2D eigenvalue weighted by atomic mass is 15.0. The first-order valence-corrected chi connectivity index (χ1v) is 3.59. The first-order valence-electron chi connectivity index (χ1n) is 3.59. The summed E-state index contributed by atoms with van der Waals surface area (Å²) in [6.45, 7) is 4.11. The van der Waals surface area contributed by atoms with Gasteiger partial charge in [0.2, 0.25) is 0 Å². The zero-order valence-corrected chi connectivity index (χ0v) is 5.85. The molecule has 1 heterocycles. The fourth-order valence-corrected chi connectivity index (χ4v) is 0.970. The molecule has 0 aliphatic carbocycles. The average molecular weight is 125 g/mol. The summed E-state index contributed by atoms with van der Waals surface area (Å²) >= 11 is 0. The smallest absolute Gasteiger partial charge is 0.291 e. The van der Waals surface area contributed by atoms with Gasteiger partial charge in [-0.1, -0.05) is 18.2 Å². The lowest BCUT2D eigenvalue weighted by molar-refractivity contribution is 0.565. The summed E-state index contributed by atoms with van der Waals surface area (Å²) in [6.07, 6.45) is 2.38. The SMILES string of the molecule is CCCC1C#[N+]CCN1. The summed E-state index contributed by atoms with van der Waals surface area (Å²) in [5, 5.41) is 3.32. The van der Waals surface area contributed by atoms with Gasteiger partial charge in [-0.25, -0.2) is 0 Å². The molecule has 50 valence electrons. The minimum atomic E-state index is 0.434. The van der Waals surface area contributed by atoms with Gasteiger partial charge in [0.05, 0.1) is 6.54 Å². The van der Waals surface area contributed by atoms with Crippen molar-refractivity contribution in [2.45, 2.75) is 25.8 Å². The van der Waals surface area contributed by atoms with Crippen molar-refractivity contribution in [2.24, 2.45) is 0 Å². The van der Waals surface area contributed by atoms with Crippen molar-refractivity contribution in [3.8, 4) is 6.07 Å². The van der Waals surface area contributed by atoms with E-state index in [-0.39, 0.29) is 0 Å². The fourth-order valence-electron chi connectivity index (χ4n) is 0.970. The molecule has 1 rings (SSSR count). The van der Waals surface area contributed by atoms with Crippen LogP contribution in [0.15, 0.2) is 0 Å². The second-order valence-corrected chi connectivity index (χ2v) is 2.31. The van der Waals surface area contributed by atoms with Crippen LogP contribution in [0.1, 0.15) is 19.8 Å². The highest BCUT2D eigenvalue weighted by Gasteiger charge is 2.13. The Hall–Kier alpha value is -0.550. The summed E-state index contributed by atoms with van der Waals surface area (Å²) in [5.41, 5.74) is 0. The van der Waals surface area contributed by atoms with Gasteiger partial charge in [-0.05, 0) is 6.42 Å². The quantitative estimate of drug-likeness (QED) is 0.584. The van der Waals surface area contributed by atoms with Crippen molar-refractivity contribution >= 4 is 0 Å². The van der Waals surface area contributed by atoms with Gasteiger partial charge in [0.1, 0.15) is 6.04 Å². The van der Waals surface area contributed by atoms with E-state index in [9.17, 15) is 0 Å². The molecule has 1 aliphatic rings. The monoisotopic (exact) mass is 125 g/mol. The molecule has 2 nitrogen and oxygen atoms in total. The van der Waals surface area contributed by atoms with Gasteiger partial charge >= 0.3 is 0 Å². The first kappa shape index (κ1) is 6.57. The Labute approximate surface area is 56.1 Å². The van der Waals surface area contributed by atoms with Crippen LogP contribution in [0.4, 0.5) is 0 Å². The molecule has 0 saturated heterocycles. The molecule has 0 bridgehead atoms. The number of hydrogen-bond acceptors (Lipinski definition) is 1. The van der Waals surface area contributed by atoms with Gasteiger partial charge in [-0.15, -0.1) is 0 Å². The van der Waals surface area contributed by atoms with Crippen LogP contribution in [0.3, 0.4) is 0 Å². The van der Waals surface area contributed by atoms with Gasteiger partial charge in [0.15, 0.2) is 0 Å². The minimum absolute atomic E-state index is 0.434. The van der Waals surface area contributed by atoms with Gasteiger partial charge in [-0.2, -0.15) is 0 Å². The van der Waals surface area contributed by atoms with E-state index < -0.39 is 0 Å². The van der Waals surface area contributed by atoms with Crippen LogP contribution in [0, 0.1) is 6.07 Å². The Morgan fingerprint density at radius 3 is 3.22 bits per heavy atom. The molecule has 1 atom stereocenters. The topological polar surface area (TPSA) is 16.4 Å². The predicted octanol–water partition coefficient (Wildman–Crippen LogP) is 1.09. The molecule has 0 aromatic rings. The molecule has 9 heavy (non-hydrogen) atoms. The zero-order valence-electron chi connectivity index (χ0n) is 5.85. The van der Waals surface area contributed by atoms with Crippen LogP contribution >= 0.6 is 0 Å². The zero-order chi connectivity index (χ0) is 6.53. The van der Waals surface area contributed by atoms with E-state index in [1.165, 1.54) is 12.8 Å². The van der Waals surface area contributed by atoms with Crippen LogP contribution in [0.5, 0.6) is 0 Å². The lowest BCUT2D eigenvalue weighted by Gasteiger charge is -2.05. The maximum Gasteiger partial charge on any atom is 0.291 e. The fraction of sp³-hybridized carbons (Fsp3) is 0.857. The third-order valence-corrected chi connectivity index (χ3v) is 1.44. The molecule has 1 N–H and O–H groups in total. The molecule has 0 saturated carbocycles. The Balaban J connectivity index is 2.28. The summed E-state index contributed by atoms with van der Waals surface area (Å²) in [4.78, 5) is 4.06. The second kappa shape index (κ2) is 3.47. The van der Waals surface area contributed by atoms with E-state index in [1.54, 1.807) is 0 Å². The van der Waals surface area contributed by atoms with Crippen LogP contribution in [0.25, 0.3) is 4.85 Å². The molecule has 0 aromatic heterocycles. The van der Waals surface area contributed by atoms with Gasteiger partial charge < -0.3 is 0 Å². The van der Waals surface area contributed by atoms with E-state index in [2.05, 4.69) is 23.2 Å². The van der Waals surface area contributed by atoms with E-state index in [4.69, 9.17) is 0 Å². The molecule has 0 radical (unpaired) electrons. The molecule has 0 spiro atoms. The van der Waals surface area contributed by atoms with Crippen LogP contribution < -0.4 is 5.32 Å². The van der Waals surface area contributed by atoms with Crippen molar-refractivity contribution in [3.05, 3.63) is 4.85 Å². The van der Waals surface area contributed by atoms with Gasteiger partial charge in [-0.3, -0.25) is 5.32 Å². The molecule has 0 aromatic carbocycles. The normalized spacial score (nSPS) is 24.8. The van der Waals surface area contributed by atoms with Crippen molar-refractivity contribution in [3.63, 3.8) is 0 Å². The number of nitrogens with zero attached hydrogens (tertiary/aromatic N) is 1. The minimum Gasteiger partial charge on any atom is -0.291 e. The average Bonchev–Trinajstić information content (AvgIpc) is 1.91. The van der Waals surface area contributed by atoms with Gasteiger partial charge in [0, 0.05) is 0 Å². The van der Waals surface area contributed by atoms with Crippen LogP contribution in [-0.4, -0.2) is 19.1 Å². The Morgan fingerprint density at radius 1 is 1.78 bits per heavy atom. The largest absolute Gasteiger partial charge is 0.291 e. The standard InChI is InChI=1S/C7H13N2/c1-2-3-7-6-8-4-5-9-7/h7,9H,2-5H2,1H3/q+1. The van der Waals surface area contributed by atoms with Crippen LogP contribution in [0.2, 0.25) is 0 Å². The molecular weight excluding hydrogens is 112 g/mol. The summed E-state index contributed by atoms with van der Waals surface area (Å²) < 4.78 is 0. The third-order valence-electron chi connectivity index (χ3n) is 1.44. The van der Waals surface area contributed by atoms with E-state index in [0.717, 1.165) is 13.1 Å². The molecule has 2 heteroatoms. The van der Waals surface area contributed by atoms with Crippen molar-refractivity contribution in [1.82, 2.24) is 5.32 Å². The van der Waals surface area contributed by atoms with Crippen molar-refractivity contribution in [1.29, 1.82) is 0 Å². The summed E-state index contributed by atoms with van der Waals surface area (Å²) in [7, 11) is 0. The Morgan fingerprint density at radius 2 is 2.67 bits per heavy atom. The summed E-state index contributed by atoms with van der Waals surface area (Å²) in [6, 6.07) is 3.47. The molecule has 1 unspecified atom stereocenters. The number of nitrogens with one attached hydrogen (secondary N) is 1. The maximum atomic E-state index is 4.06. The lowest BCUT2D eigenvalue weighted by Crippen LogP contribution is -2.31. The number of hydrogen-bond donors (Lipinski definition) is 1. The Kier molecular flexibility index (Phi) is 2.53. The van der Waals surface area contributed by atoms with E-state index in [0.29, 0.717) is 6.04 Å². The van der Waals surface area contributed by atoms with Crippen LogP contribution in [-0.2, 0) is 0 Å². The first-order chi connectivity index (χ1) is 4.43. The second-order valence-electron chi connectivity index (χ2n) is 2.31. The van der Waals surface area contributed by atoms with E-state index >= 15 is 0 Å². The molecule has 0 amide bonds. The van der Waals surface area contributed by atoms with E-state index in [1.807, 2.05) is 0 Å². The predicted molar refractivity (Wildman–Crippen MR) is 38.8 cm³/mol. The molecule has 1 aliphatic heterocycles. The highest BCUT2D eigenvalue weighted by molar-refractivity contribution is 5.02. The lowest BCUT2D eigenvalue weighted by atomic mass is 10.2. The van der Waals surface area contributed by atoms with Crippen molar-refractivity contribution < 1.29 is 0 Å². The highest BCUT2D eigenvalue weighted by Crippen LogP contribution is 1.97. The molecular formula is C7H13N2+. The van der Waals surface area contributed by atoms with Gasteiger partial charge in [0.25, 0.3) is 12.6 Å². The maximum absolute atomic E-state index is 4.06.